The Morgan fingerprint density at radius 1 is 0.808 bits per heavy atom. The Balaban J connectivity index is 1.58. The van der Waals surface area contributed by atoms with Crippen LogP contribution in [0.4, 0.5) is 0 Å². The van der Waals surface area contributed by atoms with Gasteiger partial charge in [-0.3, -0.25) is 0 Å². The lowest BCUT2D eigenvalue weighted by atomic mass is 10.0. The molecule has 0 saturated heterocycles. The van der Waals surface area contributed by atoms with Crippen molar-refractivity contribution in [2.75, 3.05) is 0 Å². The van der Waals surface area contributed by atoms with Gasteiger partial charge in [0.05, 0.1) is 11.9 Å². The Kier molecular flexibility index (Phi) is 4.38. The molecule has 2 N–H and O–H groups in total. The van der Waals surface area contributed by atoms with Crippen molar-refractivity contribution < 1.29 is 5.11 Å². The van der Waals surface area contributed by atoms with Crippen LogP contribution in [0, 0.1) is 6.92 Å². The third kappa shape index (κ3) is 3.17. The Labute approximate surface area is 153 Å². The second-order valence-electron chi connectivity index (χ2n) is 6.39. The molecule has 26 heavy (non-hydrogen) atoms. The van der Waals surface area contributed by atoms with Gasteiger partial charge in [0, 0.05) is 5.56 Å². The van der Waals surface area contributed by atoms with Crippen LogP contribution in [0.25, 0.3) is 22.4 Å². The second-order valence-corrected chi connectivity index (χ2v) is 6.39. The Morgan fingerprint density at radius 3 is 2.19 bits per heavy atom. The summed E-state index contributed by atoms with van der Waals surface area (Å²) in [7, 11) is 0. The maximum absolute atomic E-state index is 10.7. The van der Waals surface area contributed by atoms with Crippen LogP contribution in [-0.2, 0) is 0 Å². The van der Waals surface area contributed by atoms with Gasteiger partial charge in [-0.25, -0.2) is 4.98 Å². The molecule has 3 aromatic carbocycles. The molecule has 1 atom stereocenters. The third-order valence-corrected chi connectivity index (χ3v) is 4.62. The molecule has 0 aliphatic heterocycles. The SMILES string of the molecule is Cc1ccccc1-c1cnc(C(O)c2ccc(-c3ccccc3)cc2)[nH]1. The van der Waals surface area contributed by atoms with E-state index in [-0.39, 0.29) is 0 Å². The highest BCUT2D eigenvalue weighted by Gasteiger charge is 2.15. The van der Waals surface area contributed by atoms with Crippen LogP contribution in [0.5, 0.6) is 0 Å². The number of nitrogens with one attached hydrogen (secondary N) is 1. The van der Waals surface area contributed by atoms with E-state index in [4.69, 9.17) is 0 Å². The molecule has 0 spiro atoms. The van der Waals surface area contributed by atoms with E-state index >= 15 is 0 Å². The van der Waals surface area contributed by atoms with Crippen molar-refractivity contribution in [2.45, 2.75) is 13.0 Å². The van der Waals surface area contributed by atoms with Crippen LogP contribution in [0.3, 0.4) is 0 Å². The van der Waals surface area contributed by atoms with E-state index in [1.807, 2.05) is 60.7 Å². The lowest BCUT2D eigenvalue weighted by Gasteiger charge is -2.10. The number of aliphatic hydroxyl groups is 1. The van der Waals surface area contributed by atoms with Gasteiger partial charge >= 0.3 is 0 Å². The molecule has 0 aliphatic rings. The van der Waals surface area contributed by atoms with Gasteiger partial charge in [0.15, 0.2) is 0 Å². The molecule has 0 saturated carbocycles. The summed E-state index contributed by atoms with van der Waals surface area (Å²) in [6, 6.07) is 26.3. The van der Waals surface area contributed by atoms with Gasteiger partial charge in [-0.2, -0.15) is 0 Å². The topological polar surface area (TPSA) is 48.9 Å². The van der Waals surface area contributed by atoms with Gasteiger partial charge in [-0.1, -0.05) is 78.9 Å². The van der Waals surface area contributed by atoms with Crippen LogP contribution >= 0.6 is 0 Å². The first kappa shape index (κ1) is 16.3. The fourth-order valence-electron chi connectivity index (χ4n) is 3.13. The molecule has 0 bridgehead atoms. The molecule has 1 aromatic heterocycles. The van der Waals surface area contributed by atoms with Crippen LogP contribution in [-0.4, -0.2) is 15.1 Å². The van der Waals surface area contributed by atoms with Gasteiger partial charge in [0.1, 0.15) is 11.9 Å². The fourth-order valence-corrected chi connectivity index (χ4v) is 3.13. The summed E-state index contributed by atoms with van der Waals surface area (Å²) >= 11 is 0. The molecule has 0 amide bonds. The second kappa shape index (κ2) is 6.98. The first-order valence-corrected chi connectivity index (χ1v) is 8.67. The number of aromatic amines is 1. The minimum absolute atomic E-state index is 0.552. The number of H-pyrrole nitrogens is 1. The van der Waals surface area contributed by atoms with Crippen LogP contribution < -0.4 is 0 Å². The van der Waals surface area contributed by atoms with Gasteiger partial charge in [0.2, 0.25) is 0 Å². The maximum Gasteiger partial charge on any atom is 0.140 e. The number of benzene rings is 3. The Morgan fingerprint density at radius 2 is 1.46 bits per heavy atom. The smallest absolute Gasteiger partial charge is 0.140 e. The molecule has 3 heteroatoms. The van der Waals surface area contributed by atoms with Gasteiger partial charge < -0.3 is 10.1 Å². The lowest BCUT2D eigenvalue weighted by Crippen LogP contribution is -2.01. The van der Waals surface area contributed by atoms with Crippen molar-refractivity contribution >= 4 is 0 Å². The largest absolute Gasteiger partial charge is 0.380 e. The van der Waals surface area contributed by atoms with Crippen LogP contribution in [0.1, 0.15) is 23.1 Å². The van der Waals surface area contributed by atoms with Gasteiger partial charge in [0.25, 0.3) is 0 Å². The average Bonchev–Trinajstić information content (AvgIpc) is 3.18. The lowest BCUT2D eigenvalue weighted by molar-refractivity contribution is 0.211. The highest BCUT2D eigenvalue weighted by atomic mass is 16.3. The van der Waals surface area contributed by atoms with Crippen molar-refractivity contribution in [1.82, 2.24) is 9.97 Å². The van der Waals surface area contributed by atoms with E-state index in [1.165, 1.54) is 5.56 Å². The first-order valence-electron chi connectivity index (χ1n) is 8.67. The fraction of sp³-hybridized carbons (Fsp3) is 0.0870. The zero-order valence-corrected chi connectivity index (χ0v) is 14.6. The zero-order chi connectivity index (χ0) is 17.9. The number of rotatable bonds is 4. The van der Waals surface area contributed by atoms with Crippen molar-refractivity contribution in [3.63, 3.8) is 0 Å². The quantitative estimate of drug-likeness (QED) is 0.541. The monoisotopic (exact) mass is 340 g/mol. The van der Waals surface area contributed by atoms with Crippen molar-refractivity contribution in [3.8, 4) is 22.4 Å². The predicted molar refractivity (Wildman–Crippen MR) is 105 cm³/mol. The number of imidazole rings is 1. The number of aromatic nitrogens is 2. The summed E-state index contributed by atoms with van der Waals surface area (Å²) in [5.41, 5.74) is 6.28. The number of nitrogens with zero attached hydrogens (tertiary/aromatic N) is 1. The van der Waals surface area contributed by atoms with E-state index in [0.717, 1.165) is 27.9 Å². The average molecular weight is 340 g/mol. The maximum atomic E-state index is 10.7. The van der Waals surface area contributed by atoms with Crippen molar-refractivity contribution in [2.24, 2.45) is 0 Å². The highest BCUT2D eigenvalue weighted by Crippen LogP contribution is 2.27. The number of aryl methyl sites for hydroxylation is 1. The summed E-state index contributed by atoms with van der Waals surface area (Å²) in [6.45, 7) is 2.06. The van der Waals surface area contributed by atoms with Gasteiger partial charge in [-0.15, -0.1) is 0 Å². The molecular weight excluding hydrogens is 320 g/mol. The summed E-state index contributed by atoms with van der Waals surface area (Å²) in [4.78, 5) is 7.64. The molecule has 0 fully saturated rings. The van der Waals surface area contributed by atoms with Crippen LogP contribution in [0.15, 0.2) is 85.1 Å². The summed E-state index contributed by atoms with van der Waals surface area (Å²) < 4.78 is 0. The van der Waals surface area contributed by atoms with Crippen LogP contribution in [0.2, 0.25) is 0 Å². The molecule has 3 nitrogen and oxygen atoms in total. The minimum Gasteiger partial charge on any atom is -0.380 e. The minimum atomic E-state index is -0.780. The highest BCUT2D eigenvalue weighted by molar-refractivity contribution is 5.64. The Hall–Kier alpha value is -3.17. The summed E-state index contributed by atoms with van der Waals surface area (Å²) in [6.07, 6.45) is 0.997. The number of aliphatic hydroxyl groups excluding tert-OH is 1. The van der Waals surface area contributed by atoms with Gasteiger partial charge in [-0.05, 0) is 29.2 Å². The number of hydrogen-bond donors (Lipinski definition) is 2. The zero-order valence-electron chi connectivity index (χ0n) is 14.6. The van der Waals surface area contributed by atoms with Crippen molar-refractivity contribution in [1.29, 1.82) is 0 Å². The normalized spacial score (nSPS) is 12.1. The number of hydrogen-bond acceptors (Lipinski definition) is 2. The molecule has 0 aliphatic carbocycles. The molecule has 1 heterocycles. The predicted octanol–water partition coefficient (Wildman–Crippen LogP) is 5.13. The van der Waals surface area contributed by atoms with E-state index in [9.17, 15) is 5.11 Å². The molecular formula is C23H20N2O. The molecule has 4 aromatic rings. The van der Waals surface area contributed by atoms with E-state index < -0.39 is 6.10 Å². The standard InChI is InChI=1S/C23H20N2O/c1-16-7-5-6-10-20(16)21-15-24-23(25-21)22(26)19-13-11-18(12-14-19)17-8-3-2-4-9-17/h2-15,22,26H,1H3,(H,24,25). The molecule has 0 radical (unpaired) electrons. The summed E-state index contributed by atoms with van der Waals surface area (Å²) in [5, 5.41) is 10.7. The summed E-state index contributed by atoms with van der Waals surface area (Å²) in [5.74, 6) is 0.552. The molecule has 1 unspecified atom stereocenters. The first-order chi connectivity index (χ1) is 12.7. The Bertz CT molecular complexity index is 1000. The molecule has 128 valence electrons. The van der Waals surface area contributed by atoms with E-state index in [0.29, 0.717) is 5.82 Å². The van der Waals surface area contributed by atoms with E-state index in [1.54, 1.807) is 6.20 Å². The third-order valence-electron chi connectivity index (χ3n) is 4.62. The molecule has 4 rings (SSSR count). The van der Waals surface area contributed by atoms with E-state index in [2.05, 4.69) is 35.1 Å². The van der Waals surface area contributed by atoms with Crippen molar-refractivity contribution in [3.05, 3.63) is 102 Å².